The number of halogens is 2. The van der Waals surface area contributed by atoms with Crippen molar-refractivity contribution < 1.29 is 32.7 Å². The van der Waals surface area contributed by atoms with Crippen LogP contribution in [0, 0.1) is 11.6 Å². The van der Waals surface area contributed by atoms with Crippen LogP contribution in [0.5, 0.6) is 5.75 Å². The van der Waals surface area contributed by atoms with E-state index in [1.54, 1.807) is 24.3 Å². The highest BCUT2D eigenvalue weighted by atomic mass is 19.2. The van der Waals surface area contributed by atoms with Crippen LogP contribution in [0.4, 0.5) is 19.3 Å². The van der Waals surface area contributed by atoms with Crippen molar-refractivity contribution in [1.82, 2.24) is 15.1 Å². The van der Waals surface area contributed by atoms with Gasteiger partial charge in [0.05, 0.1) is 13.7 Å². The van der Waals surface area contributed by atoms with E-state index in [9.17, 15) is 28.0 Å². The van der Waals surface area contributed by atoms with E-state index in [1.807, 2.05) is 0 Å². The Kier molecular flexibility index (Phi) is 6.61. The van der Waals surface area contributed by atoms with Gasteiger partial charge in [-0.1, -0.05) is 12.1 Å². The number of carbonyl (C=O) groups excluding carboxylic acids is 4. The molecule has 11 heteroatoms. The first-order valence-electron chi connectivity index (χ1n) is 9.82. The third-order valence-corrected chi connectivity index (χ3v) is 5.23. The van der Waals surface area contributed by atoms with Crippen molar-refractivity contribution in [2.45, 2.75) is 12.5 Å². The molecule has 0 bridgehead atoms. The number of benzene rings is 2. The van der Waals surface area contributed by atoms with Crippen LogP contribution in [-0.2, 0) is 19.9 Å². The van der Waals surface area contributed by atoms with Crippen LogP contribution < -0.4 is 15.4 Å². The van der Waals surface area contributed by atoms with Crippen LogP contribution >= 0.6 is 0 Å². The standard InChI is InChI=1S/C22H22F2N4O5/c1-22(13-7-8-16(23)17(24)9-13)20(31)28(21(32)26-22)12-19(30)27(2)11-18(29)25-14-5-4-6-15(10-14)33-3/h4-10H,11-12H2,1-3H3,(H,25,29)(H,26,32)/t22-/m1/s1. The molecule has 2 N–H and O–H groups in total. The van der Waals surface area contributed by atoms with Gasteiger partial charge in [0.2, 0.25) is 11.8 Å². The lowest BCUT2D eigenvalue weighted by Crippen LogP contribution is -2.45. The summed E-state index contributed by atoms with van der Waals surface area (Å²) in [5, 5.41) is 5.03. The molecule has 174 valence electrons. The largest absolute Gasteiger partial charge is 0.497 e. The van der Waals surface area contributed by atoms with Crippen molar-refractivity contribution in [3.63, 3.8) is 0 Å². The predicted molar refractivity (Wildman–Crippen MR) is 113 cm³/mol. The highest BCUT2D eigenvalue weighted by molar-refractivity contribution is 6.09. The fourth-order valence-electron chi connectivity index (χ4n) is 3.30. The molecule has 1 aliphatic heterocycles. The number of hydrogen-bond donors (Lipinski definition) is 2. The van der Waals surface area contributed by atoms with Crippen LogP contribution in [0.3, 0.4) is 0 Å². The minimum absolute atomic E-state index is 0.0284. The zero-order valence-electron chi connectivity index (χ0n) is 18.1. The Hall–Kier alpha value is -4.02. The molecule has 0 saturated carbocycles. The van der Waals surface area contributed by atoms with Crippen LogP contribution in [0.15, 0.2) is 42.5 Å². The van der Waals surface area contributed by atoms with E-state index in [0.717, 1.165) is 17.0 Å². The fourth-order valence-corrected chi connectivity index (χ4v) is 3.30. The summed E-state index contributed by atoms with van der Waals surface area (Å²) in [7, 11) is 2.83. The van der Waals surface area contributed by atoms with Gasteiger partial charge < -0.3 is 20.3 Å². The van der Waals surface area contributed by atoms with E-state index < -0.39 is 47.5 Å². The van der Waals surface area contributed by atoms with E-state index in [2.05, 4.69) is 10.6 Å². The SMILES string of the molecule is COc1cccc(NC(=O)CN(C)C(=O)CN2C(=O)N[C@](C)(c3ccc(F)c(F)c3)C2=O)c1. The summed E-state index contributed by atoms with van der Waals surface area (Å²) >= 11 is 0. The van der Waals surface area contributed by atoms with Gasteiger partial charge in [0.25, 0.3) is 5.91 Å². The number of nitrogens with zero attached hydrogens (tertiary/aromatic N) is 2. The van der Waals surface area contributed by atoms with Gasteiger partial charge in [-0.05, 0) is 36.8 Å². The van der Waals surface area contributed by atoms with Crippen molar-refractivity contribution in [3.05, 3.63) is 59.7 Å². The molecule has 1 heterocycles. The maximum absolute atomic E-state index is 13.6. The highest BCUT2D eigenvalue weighted by Crippen LogP contribution is 2.29. The summed E-state index contributed by atoms with van der Waals surface area (Å²) in [5.41, 5.74) is -1.17. The Morgan fingerprint density at radius 3 is 2.55 bits per heavy atom. The Balaban J connectivity index is 1.64. The number of nitrogens with one attached hydrogen (secondary N) is 2. The van der Waals surface area contributed by atoms with Gasteiger partial charge in [-0.2, -0.15) is 0 Å². The summed E-state index contributed by atoms with van der Waals surface area (Å²) in [6, 6.07) is 8.61. The minimum Gasteiger partial charge on any atom is -0.497 e. The Bertz CT molecular complexity index is 1130. The molecule has 1 aliphatic rings. The molecule has 3 rings (SSSR count). The number of likely N-dealkylation sites (N-methyl/N-ethyl adjacent to an activating group) is 1. The lowest BCUT2D eigenvalue weighted by Gasteiger charge is -2.23. The van der Waals surface area contributed by atoms with Crippen molar-refractivity contribution in [2.75, 3.05) is 32.6 Å². The van der Waals surface area contributed by atoms with Gasteiger partial charge >= 0.3 is 6.03 Å². The molecule has 1 fully saturated rings. The van der Waals surface area contributed by atoms with Crippen molar-refractivity contribution in [2.24, 2.45) is 0 Å². The van der Waals surface area contributed by atoms with Gasteiger partial charge in [-0.15, -0.1) is 0 Å². The zero-order valence-corrected chi connectivity index (χ0v) is 18.1. The van der Waals surface area contributed by atoms with Crippen molar-refractivity contribution in [1.29, 1.82) is 0 Å². The maximum Gasteiger partial charge on any atom is 0.325 e. The van der Waals surface area contributed by atoms with E-state index in [-0.39, 0.29) is 12.1 Å². The average molecular weight is 460 g/mol. The third kappa shape index (κ3) is 4.92. The third-order valence-electron chi connectivity index (χ3n) is 5.23. The summed E-state index contributed by atoms with van der Waals surface area (Å²) in [4.78, 5) is 51.8. The molecule has 0 radical (unpaired) electrons. The number of anilines is 1. The number of imide groups is 1. The normalized spacial score (nSPS) is 17.5. The summed E-state index contributed by atoms with van der Waals surface area (Å²) in [5.74, 6) is -3.70. The van der Waals surface area contributed by atoms with E-state index in [1.165, 1.54) is 27.1 Å². The quantitative estimate of drug-likeness (QED) is 0.613. The zero-order chi connectivity index (χ0) is 24.3. The van der Waals surface area contributed by atoms with Crippen molar-refractivity contribution >= 4 is 29.4 Å². The van der Waals surface area contributed by atoms with Gasteiger partial charge in [-0.25, -0.2) is 13.6 Å². The number of hydrogen-bond acceptors (Lipinski definition) is 5. The first-order chi connectivity index (χ1) is 15.5. The molecule has 0 aromatic heterocycles. The number of carbonyl (C=O) groups is 4. The molecule has 5 amide bonds. The second-order valence-corrected chi connectivity index (χ2v) is 7.61. The van der Waals surface area contributed by atoms with Crippen LogP contribution in [0.2, 0.25) is 0 Å². The average Bonchev–Trinajstić information content (AvgIpc) is 2.99. The fraction of sp³-hybridized carbons (Fsp3) is 0.273. The van der Waals surface area contributed by atoms with Crippen LogP contribution in [-0.4, -0.2) is 60.8 Å². The number of methoxy groups -OCH3 is 1. The van der Waals surface area contributed by atoms with Crippen LogP contribution in [0.25, 0.3) is 0 Å². The van der Waals surface area contributed by atoms with E-state index >= 15 is 0 Å². The Morgan fingerprint density at radius 1 is 1.15 bits per heavy atom. The maximum atomic E-state index is 13.6. The smallest absolute Gasteiger partial charge is 0.325 e. The first-order valence-corrected chi connectivity index (χ1v) is 9.82. The Labute approximate surface area is 188 Å². The second kappa shape index (κ2) is 9.23. The Morgan fingerprint density at radius 2 is 1.88 bits per heavy atom. The van der Waals surface area contributed by atoms with Gasteiger partial charge in [0.15, 0.2) is 11.6 Å². The highest BCUT2D eigenvalue weighted by Gasteiger charge is 2.50. The monoisotopic (exact) mass is 460 g/mol. The molecule has 9 nitrogen and oxygen atoms in total. The van der Waals surface area contributed by atoms with Gasteiger partial charge in [0.1, 0.15) is 17.8 Å². The summed E-state index contributed by atoms with van der Waals surface area (Å²) in [6.07, 6.45) is 0. The number of rotatable bonds is 7. The second-order valence-electron chi connectivity index (χ2n) is 7.61. The van der Waals surface area contributed by atoms with Gasteiger partial charge in [0, 0.05) is 18.8 Å². The van der Waals surface area contributed by atoms with Gasteiger partial charge in [-0.3, -0.25) is 19.3 Å². The first kappa shape index (κ1) is 23.6. The molecule has 0 aliphatic carbocycles. The predicted octanol–water partition coefficient (Wildman–Crippen LogP) is 1.84. The summed E-state index contributed by atoms with van der Waals surface area (Å²) in [6.45, 7) is 0.364. The lowest BCUT2D eigenvalue weighted by atomic mass is 9.92. The molecule has 0 spiro atoms. The molecule has 2 aromatic carbocycles. The number of urea groups is 1. The molecular formula is C22H22F2N4O5. The lowest BCUT2D eigenvalue weighted by molar-refractivity contribution is -0.139. The number of amides is 5. The van der Waals surface area contributed by atoms with E-state index in [4.69, 9.17) is 4.74 Å². The molecule has 1 atom stereocenters. The summed E-state index contributed by atoms with van der Waals surface area (Å²) < 4.78 is 32.0. The molecule has 0 unspecified atom stereocenters. The molecular weight excluding hydrogens is 438 g/mol. The number of ether oxygens (including phenoxy) is 1. The van der Waals surface area contributed by atoms with E-state index in [0.29, 0.717) is 16.3 Å². The van der Waals surface area contributed by atoms with Crippen molar-refractivity contribution in [3.8, 4) is 5.75 Å². The molecule has 2 aromatic rings. The topological polar surface area (TPSA) is 108 Å². The molecule has 1 saturated heterocycles. The minimum atomic E-state index is -1.67. The van der Waals surface area contributed by atoms with Crippen LogP contribution in [0.1, 0.15) is 12.5 Å². The molecule has 33 heavy (non-hydrogen) atoms.